The molecule has 0 fully saturated rings. The van der Waals surface area contributed by atoms with Crippen molar-refractivity contribution in [2.24, 2.45) is 0 Å². The highest BCUT2D eigenvalue weighted by atomic mass is 16.5. The van der Waals surface area contributed by atoms with Gasteiger partial charge in [-0.15, -0.1) is 0 Å². The molecule has 0 aliphatic carbocycles. The van der Waals surface area contributed by atoms with Crippen molar-refractivity contribution in [2.45, 2.75) is 33.2 Å². The highest BCUT2D eigenvalue weighted by Crippen LogP contribution is 2.18. The maximum Gasteiger partial charge on any atom is 0.308 e. The predicted molar refractivity (Wildman–Crippen MR) is 103 cm³/mol. The Morgan fingerprint density at radius 2 is 1.48 bits per heavy atom. The number of hydrogen-bond donors (Lipinski definition) is 2. The fraction of sp³-hybridized carbons (Fsp3) is 0.286. The molecule has 6 nitrogen and oxygen atoms in total. The van der Waals surface area contributed by atoms with Crippen LogP contribution in [0.1, 0.15) is 36.1 Å². The summed E-state index contributed by atoms with van der Waals surface area (Å²) in [6.45, 7) is 4.92. The first kappa shape index (κ1) is 20.2. The Kier molecular flexibility index (Phi) is 7.11. The molecule has 6 heteroatoms. The fourth-order valence-electron chi connectivity index (χ4n) is 2.50. The van der Waals surface area contributed by atoms with Gasteiger partial charge in [-0.25, -0.2) is 0 Å². The summed E-state index contributed by atoms with van der Waals surface area (Å²) in [6.07, 6.45) is -0.0551. The Hall–Kier alpha value is -3.15. The van der Waals surface area contributed by atoms with E-state index in [2.05, 4.69) is 10.6 Å². The van der Waals surface area contributed by atoms with Gasteiger partial charge >= 0.3 is 5.97 Å². The summed E-state index contributed by atoms with van der Waals surface area (Å²) in [6, 6.07) is 14.3. The average molecular weight is 368 g/mol. The summed E-state index contributed by atoms with van der Waals surface area (Å²) in [5, 5.41) is 5.40. The van der Waals surface area contributed by atoms with Crippen LogP contribution >= 0.6 is 0 Å². The standard InChI is InChI=1S/C21H24N2O4/c1-14-4-8-17(9-5-14)19(22-16(3)24)12-21(26)27-13-20(25)23-18-10-6-15(2)7-11-18/h4-11,19H,12-13H2,1-3H3,(H,22,24)(H,23,25). The first-order valence-electron chi connectivity index (χ1n) is 8.69. The van der Waals surface area contributed by atoms with Crippen molar-refractivity contribution in [1.82, 2.24) is 5.32 Å². The lowest BCUT2D eigenvalue weighted by atomic mass is 10.0. The molecule has 2 aromatic carbocycles. The Labute approximate surface area is 158 Å². The monoisotopic (exact) mass is 368 g/mol. The van der Waals surface area contributed by atoms with Crippen LogP contribution in [0.5, 0.6) is 0 Å². The second kappa shape index (κ2) is 9.52. The van der Waals surface area contributed by atoms with Gasteiger partial charge in [0.05, 0.1) is 12.5 Å². The van der Waals surface area contributed by atoms with Gasteiger partial charge in [-0.2, -0.15) is 0 Å². The minimum atomic E-state index is -0.562. The quantitative estimate of drug-likeness (QED) is 0.736. The van der Waals surface area contributed by atoms with Crippen LogP contribution in [0.25, 0.3) is 0 Å². The average Bonchev–Trinajstić information content (AvgIpc) is 2.62. The highest BCUT2D eigenvalue weighted by molar-refractivity contribution is 5.92. The molecule has 0 radical (unpaired) electrons. The summed E-state index contributed by atoms with van der Waals surface area (Å²) in [4.78, 5) is 35.5. The minimum absolute atomic E-state index is 0.0551. The van der Waals surface area contributed by atoms with Crippen molar-refractivity contribution in [1.29, 1.82) is 0 Å². The number of rotatable bonds is 7. The highest BCUT2D eigenvalue weighted by Gasteiger charge is 2.19. The van der Waals surface area contributed by atoms with E-state index in [1.807, 2.05) is 50.2 Å². The predicted octanol–water partition coefficient (Wildman–Crippen LogP) is 3.05. The molecule has 27 heavy (non-hydrogen) atoms. The van der Waals surface area contributed by atoms with E-state index < -0.39 is 17.9 Å². The number of carbonyl (C=O) groups excluding carboxylic acids is 3. The zero-order valence-corrected chi connectivity index (χ0v) is 15.7. The number of carbonyl (C=O) groups is 3. The van der Waals surface area contributed by atoms with Crippen molar-refractivity contribution in [2.75, 3.05) is 11.9 Å². The van der Waals surface area contributed by atoms with Crippen molar-refractivity contribution in [3.8, 4) is 0 Å². The largest absolute Gasteiger partial charge is 0.455 e. The molecule has 0 saturated heterocycles. The second-order valence-electron chi connectivity index (χ2n) is 6.44. The normalized spacial score (nSPS) is 11.4. The summed E-state index contributed by atoms with van der Waals surface area (Å²) < 4.78 is 5.05. The number of hydrogen-bond acceptors (Lipinski definition) is 4. The van der Waals surface area contributed by atoms with E-state index in [1.54, 1.807) is 12.1 Å². The Balaban J connectivity index is 1.89. The molecule has 2 N–H and O–H groups in total. The lowest BCUT2D eigenvalue weighted by Crippen LogP contribution is -2.29. The van der Waals surface area contributed by atoms with E-state index in [0.29, 0.717) is 5.69 Å². The van der Waals surface area contributed by atoms with E-state index in [9.17, 15) is 14.4 Å². The zero-order valence-electron chi connectivity index (χ0n) is 15.7. The fourth-order valence-corrected chi connectivity index (χ4v) is 2.50. The van der Waals surface area contributed by atoms with Gasteiger partial charge in [-0.1, -0.05) is 47.5 Å². The SMILES string of the molecule is CC(=O)NC(CC(=O)OCC(=O)Nc1ccc(C)cc1)c1ccc(C)cc1. The maximum absolute atomic E-state index is 12.1. The van der Waals surface area contributed by atoms with Gasteiger partial charge in [0.2, 0.25) is 5.91 Å². The number of amides is 2. The number of esters is 1. The van der Waals surface area contributed by atoms with Gasteiger partial charge in [0, 0.05) is 12.6 Å². The van der Waals surface area contributed by atoms with E-state index >= 15 is 0 Å². The van der Waals surface area contributed by atoms with Gasteiger partial charge in [-0.3, -0.25) is 14.4 Å². The van der Waals surface area contributed by atoms with Crippen LogP contribution in [-0.2, 0) is 19.1 Å². The van der Waals surface area contributed by atoms with E-state index in [-0.39, 0.29) is 18.9 Å². The molecule has 1 unspecified atom stereocenters. The molecular weight excluding hydrogens is 344 g/mol. The maximum atomic E-state index is 12.1. The van der Waals surface area contributed by atoms with Crippen molar-refractivity contribution < 1.29 is 19.1 Å². The summed E-state index contributed by atoms with van der Waals surface area (Å²) in [5.74, 6) is -1.22. The van der Waals surface area contributed by atoms with E-state index in [1.165, 1.54) is 6.92 Å². The summed E-state index contributed by atoms with van der Waals surface area (Å²) in [5.41, 5.74) is 3.60. The molecule has 2 aromatic rings. The smallest absolute Gasteiger partial charge is 0.308 e. The molecule has 1 atom stereocenters. The summed E-state index contributed by atoms with van der Waals surface area (Å²) >= 11 is 0. The third kappa shape index (κ3) is 6.93. The van der Waals surface area contributed by atoms with Crippen LogP contribution in [0, 0.1) is 13.8 Å². The van der Waals surface area contributed by atoms with Crippen LogP contribution in [0.3, 0.4) is 0 Å². The van der Waals surface area contributed by atoms with Gasteiger partial charge < -0.3 is 15.4 Å². The molecule has 142 valence electrons. The Bertz CT molecular complexity index is 798. The van der Waals surface area contributed by atoms with Crippen LogP contribution in [0.2, 0.25) is 0 Å². The van der Waals surface area contributed by atoms with Gasteiger partial charge in [0.15, 0.2) is 6.61 Å². The lowest BCUT2D eigenvalue weighted by molar-refractivity contribution is -0.148. The Morgan fingerprint density at radius 1 is 0.926 bits per heavy atom. The van der Waals surface area contributed by atoms with Crippen molar-refractivity contribution >= 4 is 23.5 Å². The molecular formula is C21H24N2O4. The molecule has 0 aromatic heterocycles. The molecule has 2 amide bonds. The number of anilines is 1. The molecule has 2 rings (SSSR count). The number of nitrogens with one attached hydrogen (secondary N) is 2. The first-order chi connectivity index (χ1) is 12.8. The van der Waals surface area contributed by atoms with E-state index in [0.717, 1.165) is 16.7 Å². The third-order valence-electron chi connectivity index (χ3n) is 3.93. The zero-order chi connectivity index (χ0) is 19.8. The number of aryl methyl sites for hydroxylation is 2. The lowest BCUT2D eigenvalue weighted by Gasteiger charge is -2.18. The molecule has 0 bridgehead atoms. The minimum Gasteiger partial charge on any atom is -0.455 e. The molecule has 0 spiro atoms. The molecule has 0 aliphatic heterocycles. The van der Waals surface area contributed by atoms with Crippen LogP contribution in [0.15, 0.2) is 48.5 Å². The van der Waals surface area contributed by atoms with Gasteiger partial charge in [-0.05, 0) is 31.5 Å². The van der Waals surface area contributed by atoms with Gasteiger partial charge in [0.25, 0.3) is 5.91 Å². The molecule has 0 saturated carbocycles. The number of ether oxygens (including phenoxy) is 1. The first-order valence-corrected chi connectivity index (χ1v) is 8.69. The van der Waals surface area contributed by atoms with Crippen LogP contribution in [-0.4, -0.2) is 24.4 Å². The Morgan fingerprint density at radius 3 is 2.04 bits per heavy atom. The molecule has 0 heterocycles. The third-order valence-corrected chi connectivity index (χ3v) is 3.93. The number of benzene rings is 2. The van der Waals surface area contributed by atoms with Crippen LogP contribution in [0.4, 0.5) is 5.69 Å². The topological polar surface area (TPSA) is 84.5 Å². The van der Waals surface area contributed by atoms with Gasteiger partial charge in [0.1, 0.15) is 0 Å². The van der Waals surface area contributed by atoms with Crippen LogP contribution < -0.4 is 10.6 Å². The second-order valence-corrected chi connectivity index (χ2v) is 6.44. The molecule has 0 aliphatic rings. The summed E-state index contributed by atoms with van der Waals surface area (Å²) in [7, 11) is 0. The van der Waals surface area contributed by atoms with Crippen molar-refractivity contribution in [3.05, 3.63) is 65.2 Å². The van der Waals surface area contributed by atoms with Crippen molar-refractivity contribution in [3.63, 3.8) is 0 Å². The van der Waals surface area contributed by atoms with E-state index in [4.69, 9.17) is 4.74 Å².